The third-order valence-electron chi connectivity index (χ3n) is 3.30. The molecule has 0 aliphatic rings. The van der Waals surface area contributed by atoms with Gasteiger partial charge in [0, 0.05) is 12.6 Å². The Balaban J connectivity index is 2.30. The molecule has 0 saturated heterocycles. The van der Waals surface area contributed by atoms with Crippen molar-refractivity contribution in [2.45, 2.75) is 32.8 Å². The Morgan fingerprint density at radius 2 is 1.95 bits per heavy atom. The minimum atomic E-state index is -0.725. The highest BCUT2D eigenvalue weighted by molar-refractivity contribution is 6.30. The molecule has 0 spiro atoms. The van der Waals surface area contributed by atoms with Gasteiger partial charge in [-0.3, -0.25) is 4.68 Å². The Morgan fingerprint density at radius 3 is 2.42 bits per heavy atom. The first-order valence-corrected chi connectivity index (χ1v) is 6.88. The summed E-state index contributed by atoms with van der Waals surface area (Å²) in [5.41, 5.74) is 3.58. The summed E-state index contributed by atoms with van der Waals surface area (Å²) in [6.45, 7) is 4.01. The van der Waals surface area contributed by atoms with Crippen molar-refractivity contribution in [2.75, 3.05) is 0 Å². The lowest BCUT2D eigenvalue weighted by Gasteiger charge is -2.12. The monoisotopic (exact) mass is 278 g/mol. The molecule has 102 valence electrons. The summed E-state index contributed by atoms with van der Waals surface area (Å²) in [7, 11) is 1.77. The van der Waals surface area contributed by atoms with Crippen LogP contribution in [0, 0.1) is 6.92 Å². The number of nitrogens with zero attached hydrogens (tertiary/aromatic N) is 2. The Labute approximate surface area is 118 Å². The van der Waals surface area contributed by atoms with Crippen LogP contribution in [0.1, 0.15) is 41.8 Å². The van der Waals surface area contributed by atoms with Crippen LogP contribution in [0.2, 0.25) is 5.15 Å². The number of aryl methyl sites for hydroxylation is 3. The molecule has 0 aliphatic heterocycles. The van der Waals surface area contributed by atoms with Crippen molar-refractivity contribution in [1.29, 1.82) is 0 Å². The molecule has 1 unspecified atom stereocenters. The van der Waals surface area contributed by atoms with Crippen LogP contribution in [0.25, 0.3) is 0 Å². The van der Waals surface area contributed by atoms with E-state index in [-0.39, 0.29) is 0 Å². The fraction of sp³-hybridized carbons (Fsp3) is 0.400. The molecule has 0 radical (unpaired) electrons. The van der Waals surface area contributed by atoms with E-state index in [1.54, 1.807) is 11.7 Å². The minimum Gasteiger partial charge on any atom is -0.383 e. The zero-order valence-corrected chi connectivity index (χ0v) is 12.3. The predicted octanol–water partition coefficient (Wildman–Crippen LogP) is 3.42. The summed E-state index contributed by atoms with van der Waals surface area (Å²) in [5, 5.41) is 15.2. The van der Waals surface area contributed by atoms with Gasteiger partial charge < -0.3 is 5.11 Å². The molecular formula is C15H19ClN2O. The molecule has 19 heavy (non-hydrogen) atoms. The highest BCUT2D eigenvalue weighted by Crippen LogP contribution is 2.30. The first-order chi connectivity index (χ1) is 9.04. The van der Waals surface area contributed by atoms with Crippen LogP contribution >= 0.6 is 11.6 Å². The summed E-state index contributed by atoms with van der Waals surface area (Å²) in [6.07, 6.45) is 1.45. The summed E-state index contributed by atoms with van der Waals surface area (Å²) in [6, 6.07) is 8.03. The molecule has 0 fully saturated rings. The van der Waals surface area contributed by atoms with Crippen molar-refractivity contribution < 1.29 is 5.11 Å². The van der Waals surface area contributed by atoms with E-state index in [9.17, 15) is 5.11 Å². The van der Waals surface area contributed by atoms with Gasteiger partial charge in [-0.2, -0.15) is 5.10 Å². The van der Waals surface area contributed by atoms with Crippen molar-refractivity contribution in [3.05, 3.63) is 51.8 Å². The van der Waals surface area contributed by atoms with Gasteiger partial charge in [-0.25, -0.2) is 0 Å². The van der Waals surface area contributed by atoms with E-state index in [0.717, 1.165) is 24.1 Å². The molecule has 1 heterocycles. The molecule has 4 heteroatoms. The minimum absolute atomic E-state index is 0.489. The topological polar surface area (TPSA) is 38.1 Å². The fourth-order valence-corrected chi connectivity index (χ4v) is 2.56. The first-order valence-electron chi connectivity index (χ1n) is 6.50. The number of benzene rings is 1. The van der Waals surface area contributed by atoms with E-state index in [2.05, 4.69) is 24.2 Å². The molecule has 3 nitrogen and oxygen atoms in total. The summed E-state index contributed by atoms with van der Waals surface area (Å²) < 4.78 is 1.58. The molecule has 1 aromatic heterocycles. The lowest BCUT2D eigenvalue weighted by Crippen LogP contribution is -2.01. The third kappa shape index (κ3) is 2.82. The van der Waals surface area contributed by atoms with Gasteiger partial charge in [-0.15, -0.1) is 0 Å². The Bertz CT molecular complexity index is 560. The molecule has 1 aromatic carbocycles. The zero-order valence-electron chi connectivity index (χ0n) is 11.5. The molecule has 0 saturated carbocycles. The van der Waals surface area contributed by atoms with E-state index in [1.807, 2.05) is 19.1 Å². The maximum Gasteiger partial charge on any atom is 0.133 e. The van der Waals surface area contributed by atoms with Gasteiger partial charge in [0.15, 0.2) is 0 Å². The van der Waals surface area contributed by atoms with Gasteiger partial charge in [0.2, 0.25) is 0 Å². The number of rotatable bonds is 4. The van der Waals surface area contributed by atoms with Gasteiger partial charge in [0.05, 0.1) is 5.69 Å². The molecule has 1 N–H and O–H groups in total. The Kier molecular flexibility index (Phi) is 4.27. The predicted molar refractivity (Wildman–Crippen MR) is 77.5 cm³/mol. The van der Waals surface area contributed by atoms with Crippen molar-refractivity contribution in [1.82, 2.24) is 9.78 Å². The van der Waals surface area contributed by atoms with Gasteiger partial charge in [0.1, 0.15) is 11.3 Å². The molecule has 1 atom stereocenters. The van der Waals surface area contributed by atoms with E-state index in [1.165, 1.54) is 5.56 Å². The fourth-order valence-electron chi connectivity index (χ4n) is 2.28. The molecule has 0 bridgehead atoms. The van der Waals surface area contributed by atoms with Crippen LogP contribution in [0.3, 0.4) is 0 Å². The van der Waals surface area contributed by atoms with Crippen LogP contribution < -0.4 is 0 Å². The lowest BCUT2D eigenvalue weighted by molar-refractivity contribution is 0.219. The normalized spacial score (nSPS) is 12.7. The molecule has 2 aromatic rings. The SMILES string of the molecule is CCCc1ccc(C(O)c2c(C)nn(C)c2Cl)cc1. The largest absolute Gasteiger partial charge is 0.383 e. The number of aromatic nitrogens is 2. The number of halogens is 1. The second kappa shape index (κ2) is 5.76. The van der Waals surface area contributed by atoms with Crippen molar-refractivity contribution in [3.8, 4) is 0 Å². The maximum atomic E-state index is 10.4. The molecule has 2 rings (SSSR count). The second-order valence-corrected chi connectivity index (χ2v) is 5.17. The summed E-state index contributed by atoms with van der Waals surface area (Å²) in [4.78, 5) is 0. The summed E-state index contributed by atoms with van der Waals surface area (Å²) in [5.74, 6) is 0. The van der Waals surface area contributed by atoms with Crippen LogP contribution in [0.4, 0.5) is 0 Å². The molecular weight excluding hydrogens is 260 g/mol. The van der Waals surface area contributed by atoms with Gasteiger partial charge in [-0.05, 0) is 24.5 Å². The highest BCUT2D eigenvalue weighted by atomic mass is 35.5. The Morgan fingerprint density at radius 1 is 1.32 bits per heavy atom. The average Bonchev–Trinajstić information content (AvgIpc) is 2.64. The number of aliphatic hydroxyl groups excluding tert-OH is 1. The van der Waals surface area contributed by atoms with Crippen molar-refractivity contribution in [2.24, 2.45) is 7.05 Å². The highest BCUT2D eigenvalue weighted by Gasteiger charge is 2.20. The van der Waals surface area contributed by atoms with Crippen molar-refractivity contribution in [3.63, 3.8) is 0 Å². The number of aliphatic hydroxyl groups is 1. The van der Waals surface area contributed by atoms with Crippen LogP contribution in [-0.4, -0.2) is 14.9 Å². The van der Waals surface area contributed by atoms with E-state index < -0.39 is 6.10 Å². The van der Waals surface area contributed by atoms with Crippen LogP contribution in [0.5, 0.6) is 0 Å². The van der Waals surface area contributed by atoms with E-state index in [4.69, 9.17) is 11.6 Å². The summed E-state index contributed by atoms with van der Waals surface area (Å²) >= 11 is 6.18. The average molecular weight is 279 g/mol. The number of hydrogen-bond donors (Lipinski definition) is 1. The van der Waals surface area contributed by atoms with Crippen LogP contribution in [-0.2, 0) is 13.5 Å². The lowest BCUT2D eigenvalue weighted by atomic mass is 10.00. The van der Waals surface area contributed by atoms with Gasteiger partial charge in [0.25, 0.3) is 0 Å². The quantitative estimate of drug-likeness (QED) is 0.931. The van der Waals surface area contributed by atoms with Crippen molar-refractivity contribution >= 4 is 11.6 Å². The van der Waals surface area contributed by atoms with Gasteiger partial charge in [-0.1, -0.05) is 49.2 Å². The molecule has 0 amide bonds. The number of hydrogen-bond acceptors (Lipinski definition) is 2. The zero-order chi connectivity index (χ0) is 14.0. The first kappa shape index (κ1) is 14.1. The van der Waals surface area contributed by atoms with Gasteiger partial charge >= 0.3 is 0 Å². The van der Waals surface area contributed by atoms with E-state index >= 15 is 0 Å². The third-order valence-corrected chi connectivity index (χ3v) is 3.75. The molecule has 0 aliphatic carbocycles. The Hall–Kier alpha value is -1.32. The standard InChI is InChI=1S/C15H19ClN2O/c1-4-5-11-6-8-12(9-7-11)14(19)13-10(2)17-18(3)15(13)16/h6-9,14,19H,4-5H2,1-3H3. The maximum absolute atomic E-state index is 10.4. The van der Waals surface area contributed by atoms with E-state index in [0.29, 0.717) is 10.7 Å². The second-order valence-electron chi connectivity index (χ2n) is 4.81. The smallest absolute Gasteiger partial charge is 0.133 e. The van der Waals surface area contributed by atoms with Crippen LogP contribution in [0.15, 0.2) is 24.3 Å².